The topological polar surface area (TPSA) is 42.5 Å². The standard InChI is InChI=1S/C21H20Cl2N4S/c22-16-6-7-18(19(23)12-16)20-14-28-21(26-17-4-2-1-3-5-17)27(20)25-13-15-8-10-24-11-9-15/h6-14,17H,1-5H2. The molecule has 0 radical (unpaired) electrons. The van der Waals surface area contributed by atoms with Crippen molar-refractivity contribution in [2.45, 2.75) is 38.1 Å². The lowest BCUT2D eigenvalue weighted by Gasteiger charge is -2.16. The summed E-state index contributed by atoms with van der Waals surface area (Å²) in [5.74, 6) is 0. The first kappa shape index (κ1) is 19.4. The smallest absolute Gasteiger partial charge is 0.206 e. The van der Waals surface area contributed by atoms with Gasteiger partial charge in [0.25, 0.3) is 0 Å². The molecule has 3 aromatic rings. The molecule has 2 heterocycles. The van der Waals surface area contributed by atoms with E-state index in [-0.39, 0.29) is 0 Å². The summed E-state index contributed by atoms with van der Waals surface area (Å²) in [7, 11) is 0. The fourth-order valence-electron chi connectivity index (χ4n) is 3.32. The van der Waals surface area contributed by atoms with Crippen molar-refractivity contribution in [2.75, 3.05) is 0 Å². The summed E-state index contributed by atoms with van der Waals surface area (Å²) in [5, 5.41) is 8.00. The summed E-state index contributed by atoms with van der Waals surface area (Å²) < 4.78 is 1.88. The third kappa shape index (κ3) is 4.54. The van der Waals surface area contributed by atoms with Gasteiger partial charge in [0.2, 0.25) is 4.80 Å². The van der Waals surface area contributed by atoms with Gasteiger partial charge in [0, 0.05) is 28.4 Å². The van der Waals surface area contributed by atoms with Crippen molar-refractivity contribution in [3.8, 4) is 11.3 Å². The summed E-state index contributed by atoms with van der Waals surface area (Å²) in [5.41, 5.74) is 2.77. The van der Waals surface area contributed by atoms with Crippen molar-refractivity contribution in [1.29, 1.82) is 0 Å². The van der Waals surface area contributed by atoms with E-state index in [1.165, 1.54) is 19.3 Å². The molecule has 1 saturated carbocycles. The van der Waals surface area contributed by atoms with E-state index in [0.29, 0.717) is 16.1 Å². The monoisotopic (exact) mass is 430 g/mol. The maximum atomic E-state index is 6.47. The van der Waals surface area contributed by atoms with Gasteiger partial charge in [-0.15, -0.1) is 11.3 Å². The van der Waals surface area contributed by atoms with Gasteiger partial charge in [-0.2, -0.15) is 5.10 Å². The molecule has 2 aromatic heterocycles. The Bertz CT molecular complexity index is 1030. The maximum absolute atomic E-state index is 6.47. The second kappa shape index (κ2) is 9.03. The Hall–Kier alpha value is -1.95. The van der Waals surface area contributed by atoms with Crippen LogP contribution in [-0.4, -0.2) is 21.9 Å². The van der Waals surface area contributed by atoms with Gasteiger partial charge in [0.15, 0.2) is 0 Å². The Balaban J connectivity index is 1.79. The number of halogens is 2. The maximum Gasteiger partial charge on any atom is 0.206 e. The van der Waals surface area contributed by atoms with Crippen molar-refractivity contribution < 1.29 is 0 Å². The fourth-order valence-corrected chi connectivity index (χ4v) is 4.73. The molecule has 4 nitrogen and oxygen atoms in total. The highest BCUT2D eigenvalue weighted by Gasteiger charge is 2.15. The molecule has 1 aliphatic rings. The van der Waals surface area contributed by atoms with Gasteiger partial charge in [-0.05, 0) is 48.7 Å². The quantitative estimate of drug-likeness (QED) is 0.465. The summed E-state index contributed by atoms with van der Waals surface area (Å²) in [4.78, 5) is 9.95. The molecule has 1 fully saturated rings. The highest BCUT2D eigenvalue weighted by molar-refractivity contribution is 7.07. The predicted octanol–water partition coefficient (Wildman–Crippen LogP) is 6.03. The molecule has 0 saturated heterocycles. The van der Waals surface area contributed by atoms with E-state index in [4.69, 9.17) is 33.3 Å². The van der Waals surface area contributed by atoms with E-state index in [9.17, 15) is 0 Å². The third-order valence-corrected chi connectivity index (χ3v) is 6.17. The van der Waals surface area contributed by atoms with E-state index in [0.717, 1.165) is 34.5 Å². The van der Waals surface area contributed by atoms with Crippen molar-refractivity contribution in [3.63, 3.8) is 0 Å². The molecule has 4 rings (SSSR count). The van der Waals surface area contributed by atoms with E-state index in [2.05, 4.69) is 10.4 Å². The van der Waals surface area contributed by atoms with E-state index >= 15 is 0 Å². The Morgan fingerprint density at radius 2 is 1.86 bits per heavy atom. The fraction of sp³-hybridized carbons (Fsp3) is 0.286. The van der Waals surface area contributed by atoms with E-state index in [1.54, 1.807) is 29.8 Å². The van der Waals surface area contributed by atoms with E-state index < -0.39 is 0 Å². The average molecular weight is 431 g/mol. The summed E-state index contributed by atoms with van der Waals surface area (Å²) in [6, 6.07) is 9.73. The van der Waals surface area contributed by atoms with Crippen LogP contribution in [-0.2, 0) is 0 Å². The molecule has 1 aromatic carbocycles. The van der Waals surface area contributed by atoms with Crippen LogP contribution in [0.1, 0.15) is 37.7 Å². The molecule has 0 aliphatic heterocycles. The van der Waals surface area contributed by atoms with Crippen LogP contribution >= 0.6 is 34.5 Å². The van der Waals surface area contributed by atoms with Crippen molar-refractivity contribution in [2.24, 2.45) is 10.1 Å². The third-order valence-electron chi connectivity index (χ3n) is 4.79. The average Bonchev–Trinajstić information content (AvgIpc) is 3.10. The number of pyridine rings is 1. The van der Waals surface area contributed by atoms with Crippen molar-refractivity contribution in [1.82, 2.24) is 9.66 Å². The van der Waals surface area contributed by atoms with Crippen LogP contribution in [0.25, 0.3) is 11.3 Å². The van der Waals surface area contributed by atoms with Gasteiger partial charge < -0.3 is 0 Å². The van der Waals surface area contributed by atoms with Crippen molar-refractivity contribution >= 4 is 40.8 Å². The highest BCUT2D eigenvalue weighted by atomic mass is 35.5. The minimum absolute atomic E-state index is 0.364. The number of benzene rings is 1. The SMILES string of the molecule is Clc1ccc(-c2csc(=NC3CCCCC3)n2N=Cc2ccncc2)c(Cl)c1. The zero-order valence-electron chi connectivity index (χ0n) is 15.3. The Labute approximate surface area is 178 Å². The molecule has 0 unspecified atom stereocenters. The largest absolute Gasteiger partial charge is 0.265 e. The van der Waals surface area contributed by atoms with Crippen molar-refractivity contribution in [3.05, 3.63) is 68.5 Å². The number of aromatic nitrogens is 2. The first-order valence-electron chi connectivity index (χ1n) is 9.35. The van der Waals surface area contributed by atoms with Gasteiger partial charge >= 0.3 is 0 Å². The molecule has 144 valence electrons. The molecule has 0 bridgehead atoms. The van der Waals surface area contributed by atoms with Crippen LogP contribution < -0.4 is 4.80 Å². The van der Waals surface area contributed by atoms with Crippen LogP contribution in [0.5, 0.6) is 0 Å². The highest BCUT2D eigenvalue weighted by Crippen LogP contribution is 2.31. The van der Waals surface area contributed by atoms with Gasteiger partial charge in [-0.3, -0.25) is 9.98 Å². The van der Waals surface area contributed by atoms with Crippen LogP contribution in [0.15, 0.2) is 58.2 Å². The summed E-state index contributed by atoms with van der Waals surface area (Å²) in [6.07, 6.45) is 11.4. The number of hydrogen-bond donors (Lipinski definition) is 0. The molecule has 0 N–H and O–H groups in total. The Kier molecular flexibility index (Phi) is 6.25. The zero-order chi connectivity index (χ0) is 19.3. The number of nitrogens with zero attached hydrogens (tertiary/aromatic N) is 4. The minimum atomic E-state index is 0.364. The van der Waals surface area contributed by atoms with Crippen LogP contribution in [0.4, 0.5) is 0 Å². The second-order valence-corrected chi connectivity index (χ2v) is 8.47. The first-order chi connectivity index (χ1) is 13.7. The van der Waals surface area contributed by atoms with Gasteiger partial charge in [-0.25, -0.2) is 4.68 Å². The molecule has 1 aliphatic carbocycles. The lowest BCUT2D eigenvalue weighted by molar-refractivity contribution is 0.435. The van der Waals surface area contributed by atoms with Gasteiger partial charge in [0.05, 0.1) is 23.0 Å². The summed E-state index contributed by atoms with van der Waals surface area (Å²) >= 11 is 14.1. The number of rotatable bonds is 4. The lowest BCUT2D eigenvalue weighted by atomic mass is 9.96. The molecular formula is C21H20Cl2N4S. The molecular weight excluding hydrogens is 411 g/mol. The van der Waals surface area contributed by atoms with Crippen LogP contribution in [0, 0.1) is 0 Å². The molecule has 0 atom stereocenters. The molecule has 0 spiro atoms. The molecule has 28 heavy (non-hydrogen) atoms. The number of thiazole rings is 1. The van der Waals surface area contributed by atoms with E-state index in [1.807, 2.05) is 35.2 Å². The lowest BCUT2D eigenvalue weighted by Crippen LogP contribution is -2.19. The van der Waals surface area contributed by atoms with Gasteiger partial charge in [-0.1, -0.05) is 42.5 Å². The normalized spacial score (nSPS) is 16.1. The Morgan fingerprint density at radius 1 is 1.07 bits per heavy atom. The number of hydrogen-bond acceptors (Lipinski definition) is 4. The molecule has 0 amide bonds. The molecule has 7 heteroatoms. The first-order valence-corrected chi connectivity index (χ1v) is 11.0. The van der Waals surface area contributed by atoms with Crippen LogP contribution in [0.3, 0.4) is 0 Å². The summed E-state index contributed by atoms with van der Waals surface area (Å²) in [6.45, 7) is 0. The van der Waals surface area contributed by atoms with Gasteiger partial charge in [0.1, 0.15) is 0 Å². The predicted molar refractivity (Wildman–Crippen MR) is 117 cm³/mol. The Morgan fingerprint density at radius 3 is 2.61 bits per heavy atom. The zero-order valence-corrected chi connectivity index (χ0v) is 17.6. The van der Waals surface area contributed by atoms with Crippen LogP contribution in [0.2, 0.25) is 10.0 Å². The second-order valence-electron chi connectivity index (χ2n) is 6.79. The minimum Gasteiger partial charge on any atom is -0.265 e.